The van der Waals surface area contributed by atoms with Gasteiger partial charge in [0.05, 0.1) is 20.8 Å². The van der Waals surface area contributed by atoms with E-state index in [2.05, 4.69) is 28.1 Å². The van der Waals surface area contributed by atoms with Gasteiger partial charge < -0.3 is 14.8 Å². The molecule has 140 valence electrons. The van der Waals surface area contributed by atoms with Crippen LogP contribution in [0.5, 0.6) is 11.5 Å². The Bertz CT molecular complexity index is 557. The van der Waals surface area contributed by atoms with Crippen molar-refractivity contribution in [2.24, 2.45) is 0 Å². The monoisotopic (exact) mass is 349 g/mol. The minimum absolute atomic E-state index is 0.127. The van der Waals surface area contributed by atoms with Crippen LogP contribution in [0.25, 0.3) is 0 Å². The van der Waals surface area contributed by atoms with Gasteiger partial charge in [-0.25, -0.2) is 0 Å². The summed E-state index contributed by atoms with van der Waals surface area (Å²) in [5.41, 5.74) is 1.21. The standard InChI is InChI=1S/C19H31N3O3/c1-5-15(2)20-19(23)14-22-10-8-21(9-11-22)13-16-6-7-17(24-3)18(12-16)25-4/h6-7,12,15H,5,8-11,13-14H2,1-4H3,(H,20,23)/t15-/m0/s1. The highest BCUT2D eigenvalue weighted by molar-refractivity contribution is 5.78. The predicted molar refractivity (Wildman–Crippen MR) is 99.2 cm³/mol. The molecule has 1 fully saturated rings. The number of hydrogen-bond acceptors (Lipinski definition) is 5. The Labute approximate surface area is 151 Å². The average molecular weight is 349 g/mol. The Balaban J connectivity index is 1.79. The number of piperazine rings is 1. The van der Waals surface area contributed by atoms with Gasteiger partial charge in [-0.15, -0.1) is 0 Å². The van der Waals surface area contributed by atoms with Crippen molar-refractivity contribution in [1.82, 2.24) is 15.1 Å². The Morgan fingerprint density at radius 1 is 1.12 bits per heavy atom. The van der Waals surface area contributed by atoms with Crippen molar-refractivity contribution in [3.63, 3.8) is 0 Å². The van der Waals surface area contributed by atoms with E-state index in [1.165, 1.54) is 5.56 Å². The van der Waals surface area contributed by atoms with Gasteiger partial charge in [0.25, 0.3) is 0 Å². The molecule has 1 aromatic carbocycles. The van der Waals surface area contributed by atoms with Gasteiger partial charge in [0.2, 0.25) is 5.91 Å². The summed E-state index contributed by atoms with van der Waals surface area (Å²) in [6.07, 6.45) is 0.963. The number of carbonyl (C=O) groups excluding carboxylic acids is 1. The van der Waals surface area contributed by atoms with E-state index in [1.54, 1.807) is 14.2 Å². The van der Waals surface area contributed by atoms with E-state index in [4.69, 9.17) is 9.47 Å². The molecular weight excluding hydrogens is 318 g/mol. The fourth-order valence-corrected chi connectivity index (χ4v) is 2.97. The summed E-state index contributed by atoms with van der Waals surface area (Å²) < 4.78 is 10.7. The van der Waals surface area contributed by atoms with Crippen LogP contribution in [0, 0.1) is 0 Å². The summed E-state index contributed by atoms with van der Waals surface area (Å²) in [7, 11) is 3.30. The Morgan fingerprint density at radius 3 is 2.36 bits per heavy atom. The predicted octanol–water partition coefficient (Wildman–Crippen LogP) is 1.74. The Hall–Kier alpha value is -1.79. The second-order valence-electron chi connectivity index (χ2n) is 6.62. The number of hydrogen-bond donors (Lipinski definition) is 1. The minimum Gasteiger partial charge on any atom is -0.493 e. The molecule has 1 aromatic rings. The number of benzene rings is 1. The second kappa shape index (κ2) is 9.63. The van der Waals surface area contributed by atoms with Crippen molar-refractivity contribution >= 4 is 5.91 Å². The van der Waals surface area contributed by atoms with Gasteiger partial charge in [0, 0.05) is 38.8 Å². The lowest BCUT2D eigenvalue weighted by Crippen LogP contribution is -2.49. The van der Waals surface area contributed by atoms with Gasteiger partial charge in [-0.05, 0) is 31.0 Å². The van der Waals surface area contributed by atoms with Crippen LogP contribution >= 0.6 is 0 Å². The van der Waals surface area contributed by atoms with E-state index in [0.717, 1.165) is 50.6 Å². The number of nitrogens with one attached hydrogen (secondary N) is 1. The third-order valence-electron chi connectivity index (χ3n) is 4.71. The lowest BCUT2D eigenvalue weighted by Gasteiger charge is -2.34. The van der Waals surface area contributed by atoms with Crippen molar-refractivity contribution in [3.05, 3.63) is 23.8 Å². The van der Waals surface area contributed by atoms with Crippen LogP contribution in [0.1, 0.15) is 25.8 Å². The SMILES string of the molecule is CC[C@H](C)NC(=O)CN1CCN(Cc2ccc(OC)c(OC)c2)CC1. The Kier molecular flexibility index (Phi) is 7.52. The number of ether oxygens (including phenoxy) is 2. The van der Waals surface area contributed by atoms with Crippen molar-refractivity contribution in [2.45, 2.75) is 32.9 Å². The molecule has 25 heavy (non-hydrogen) atoms. The normalized spacial score (nSPS) is 17.1. The van der Waals surface area contributed by atoms with Crippen LogP contribution < -0.4 is 14.8 Å². The fraction of sp³-hybridized carbons (Fsp3) is 0.632. The molecule has 1 atom stereocenters. The van der Waals surface area contributed by atoms with E-state index in [9.17, 15) is 4.79 Å². The van der Waals surface area contributed by atoms with Crippen LogP contribution in [0.3, 0.4) is 0 Å². The summed E-state index contributed by atoms with van der Waals surface area (Å²) in [5, 5.41) is 3.03. The summed E-state index contributed by atoms with van der Waals surface area (Å²) >= 11 is 0. The van der Waals surface area contributed by atoms with Crippen LogP contribution in [0.4, 0.5) is 0 Å². The highest BCUT2D eigenvalue weighted by Crippen LogP contribution is 2.28. The van der Waals surface area contributed by atoms with E-state index in [-0.39, 0.29) is 11.9 Å². The number of methoxy groups -OCH3 is 2. The lowest BCUT2D eigenvalue weighted by atomic mass is 10.1. The summed E-state index contributed by atoms with van der Waals surface area (Å²) in [4.78, 5) is 16.6. The maximum absolute atomic E-state index is 12.0. The molecule has 2 rings (SSSR count). The summed E-state index contributed by atoms with van der Waals surface area (Å²) in [6.45, 7) is 9.26. The molecule has 0 spiro atoms. The van der Waals surface area contributed by atoms with Crippen molar-refractivity contribution in [2.75, 3.05) is 46.9 Å². The zero-order chi connectivity index (χ0) is 18.2. The number of nitrogens with zero attached hydrogens (tertiary/aromatic N) is 2. The molecule has 1 saturated heterocycles. The first kappa shape index (κ1) is 19.5. The highest BCUT2D eigenvalue weighted by Gasteiger charge is 2.19. The third kappa shape index (κ3) is 5.90. The fourth-order valence-electron chi connectivity index (χ4n) is 2.97. The molecule has 1 N–H and O–H groups in total. The van der Waals surface area contributed by atoms with Crippen LogP contribution in [-0.4, -0.2) is 68.7 Å². The largest absolute Gasteiger partial charge is 0.493 e. The maximum Gasteiger partial charge on any atom is 0.234 e. The van der Waals surface area contributed by atoms with Gasteiger partial charge in [-0.1, -0.05) is 13.0 Å². The molecule has 1 aliphatic heterocycles. The molecule has 1 heterocycles. The second-order valence-corrected chi connectivity index (χ2v) is 6.62. The molecular formula is C19H31N3O3. The molecule has 0 bridgehead atoms. The molecule has 0 aliphatic carbocycles. The molecule has 6 nitrogen and oxygen atoms in total. The van der Waals surface area contributed by atoms with Gasteiger partial charge in [0.15, 0.2) is 11.5 Å². The van der Waals surface area contributed by atoms with E-state index >= 15 is 0 Å². The zero-order valence-electron chi connectivity index (χ0n) is 15.9. The first-order chi connectivity index (χ1) is 12.0. The molecule has 0 unspecified atom stereocenters. The molecule has 0 saturated carbocycles. The maximum atomic E-state index is 12.0. The van der Waals surface area contributed by atoms with E-state index in [0.29, 0.717) is 6.54 Å². The zero-order valence-corrected chi connectivity index (χ0v) is 15.9. The van der Waals surface area contributed by atoms with Gasteiger partial charge in [0.1, 0.15) is 0 Å². The van der Waals surface area contributed by atoms with Crippen molar-refractivity contribution < 1.29 is 14.3 Å². The molecule has 1 aliphatic rings. The highest BCUT2D eigenvalue weighted by atomic mass is 16.5. The van der Waals surface area contributed by atoms with Gasteiger partial charge >= 0.3 is 0 Å². The number of carbonyl (C=O) groups is 1. The quantitative estimate of drug-likeness (QED) is 0.775. The molecule has 6 heteroatoms. The van der Waals surface area contributed by atoms with Gasteiger partial charge in [-0.2, -0.15) is 0 Å². The summed E-state index contributed by atoms with van der Waals surface area (Å²) in [6, 6.07) is 6.31. The number of amides is 1. The Morgan fingerprint density at radius 2 is 1.76 bits per heavy atom. The van der Waals surface area contributed by atoms with E-state index in [1.807, 2.05) is 19.1 Å². The third-order valence-corrected chi connectivity index (χ3v) is 4.71. The first-order valence-corrected chi connectivity index (χ1v) is 9.00. The minimum atomic E-state index is 0.127. The van der Waals surface area contributed by atoms with Crippen molar-refractivity contribution in [1.29, 1.82) is 0 Å². The molecule has 1 amide bonds. The van der Waals surface area contributed by atoms with Gasteiger partial charge in [-0.3, -0.25) is 14.6 Å². The van der Waals surface area contributed by atoms with E-state index < -0.39 is 0 Å². The molecule has 0 radical (unpaired) electrons. The molecule has 0 aromatic heterocycles. The van der Waals surface area contributed by atoms with Crippen LogP contribution in [-0.2, 0) is 11.3 Å². The lowest BCUT2D eigenvalue weighted by molar-refractivity contribution is -0.123. The smallest absolute Gasteiger partial charge is 0.234 e. The average Bonchev–Trinajstić information content (AvgIpc) is 2.63. The number of rotatable bonds is 8. The van der Waals surface area contributed by atoms with Crippen LogP contribution in [0.2, 0.25) is 0 Å². The first-order valence-electron chi connectivity index (χ1n) is 9.00. The topological polar surface area (TPSA) is 54.0 Å². The summed E-state index contributed by atoms with van der Waals surface area (Å²) in [5.74, 6) is 1.64. The van der Waals surface area contributed by atoms with Crippen molar-refractivity contribution in [3.8, 4) is 11.5 Å². The van der Waals surface area contributed by atoms with Crippen LogP contribution in [0.15, 0.2) is 18.2 Å².